The van der Waals surface area contributed by atoms with Crippen LogP contribution < -0.4 is 0 Å². The molecule has 1 heterocycles. The molecule has 1 N–H and O–H groups in total. The molecule has 1 aliphatic heterocycles. The van der Waals surface area contributed by atoms with Crippen LogP contribution in [0.3, 0.4) is 0 Å². The molecule has 6 heteroatoms. The topological polar surface area (TPSA) is 76.1 Å². The summed E-state index contributed by atoms with van der Waals surface area (Å²) in [5.41, 5.74) is 0. The zero-order valence-electron chi connectivity index (χ0n) is 12.3. The van der Waals surface area contributed by atoms with Crippen LogP contribution >= 0.6 is 0 Å². The van der Waals surface area contributed by atoms with Gasteiger partial charge in [-0.25, -0.2) is 9.59 Å². The van der Waals surface area contributed by atoms with Crippen molar-refractivity contribution < 1.29 is 24.2 Å². The summed E-state index contributed by atoms with van der Waals surface area (Å²) >= 11 is 0. The van der Waals surface area contributed by atoms with Gasteiger partial charge in [0.2, 0.25) is 0 Å². The quantitative estimate of drug-likeness (QED) is 0.570. The van der Waals surface area contributed by atoms with Gasteiger partial charge >= 0.3 is 12.1 Å². The van der Waals surface area contributed by atoms with Crippen LogP contribution in [0.2, 0.25) is 0 Å². The maximum Gasteiger partial charge on any atom is 0.410 e. The monoisotopic (exact) mass is 287 g/mol. The molecule has 6 nitrogen and oxygen atoms in total. The van der Waals surface area contributed by atoms with Crippen LogP contribution in [0, 0.1) is 0 Å². The standard InChI is InChI=1S/C14H25NO5/c1-3-5-9-19-13(17)12-11(16)7-8-15(12)14(18)20-10-6-4-2/h11-12,16H,3-10H2,1-2H3/t11-,12-/m0/s1. The summed E-state index contributed by atoms with van der Waals surface area (Å²) in [7, 11) is 0. The van der Waals surface area contributed by atoms with Crippen LogP contribution in [0.5, 0.6) is 0 Å². The number of nitrogens with zero attached hydrogens (tertiary/aromatic N) is 1. The van der Waals surface area contributed by atoms with E-state index in [4.69, 9.17) is 9.47 Å². The highest BCUT2D eigenvalue weighted by molar-refractivity contribution is 5.82. The van der Waals surface area contributed by atoms with Crippen LogP contribution in [-0.2, 0) is 14.3 Å². The highest BCUT2D eigenvalue weighted by Crippen LogP contribution is 2.20. The van der Waals surface area contributed by atoms with Crippen molar-refractivity contribution in [1.29, 1.82) is 0 Å². The minimum absolute atomic E-state index is 0.317. The Balaban J connectivity index is 2.52. The van der Waals surface area contributed by atoms with Gasteiger partial charge in [-0.05, 0) is 19.3 Å². The third kappa shape index (κ3) is 4.67. The van der Waals surface area contributed by atoms with Crippen molar-refractivity contribution in [3.8, 4) is 0 Å². The normalized spacial score (nSPS) is 21.9. The maximum absolute atomic E-state index is 11.9. The number of rotatable bonds is 7. The van der Waals surface area contributed by atoms with E-state index < -0.39 is 24.2 Å². The highest BCUT2D eigenvalue weighted by atomic mass is 16.6. The van der Waals surface area contributed by atoms with E-state index in [1.165, 1.54) is 4.90 Å². The number of carbonyl (C=O) groups is 2. The molecule has 0 aliphatic carbocycles. The van der Waals surface area contributed by atoms with Crippen LogP contribution in [0.1, 0.15) is 46.0 Å². The lowest BCUT2D eigenvalue weighted by Crippen LogP contribution is -2.46. The molecule has 0 aromatic carbocycles. The maximum atomic E-state index is 11.9. The summed E-state index contributed by atoms with van der Waals surface area (Å²) in [5, 5.41) is 9.86. The van der Waals surface area contributed by atoms with Gasteiger partial charge in [0.15, 0.2) is 6.04 Å². The lowest BCUT2D eigenvalue weighted by molar-refractivity contribution is -0.151. The number of aliphatic hydroxyl groups excluding tert-OH is 1. The van der Waals surface area contributed by atoms with Crippen molar-refractivity contribution in [2.75, 3.05) is 19.8 Å². The summed E-state index contributed by atoms with van der Waals surface area (Å²) in [5.74, 6) is -0.545. The Morgan fingerprint density at radius 1 is 1.15 bits per heavy atom. The number of carbonyl (C=O) groups excluding carboxylic acids is 2. The Morgan fingerprint density at radius 2 is 1.75 bits per heavy atom. The van der Waals surface area contributed by atoms with Crippen molar-refractivity contribution in [1.82, 2.24) is 4.90 Å². The molecule has 20 heavy (non-hydrogen) atoms. The molecule has 116 valence electrons. The summed E-state index contributed by atoms with van der Waals surface area (Å²) in [6, 6.07) is -0.930. The lowest BCUT2D eigenvalue weighted by atomic mass is 10.2. The van der Waals surface area contributed by atoms with Gasteiger partial charge in [0, 0.05) is 6.54 Å². The fourth-order valence-electron chi connectivity index (χ4n) is 2.05. The van der Waals surface area contributed by atoms with E-state index in [9.17, 15) is 14.7 Å². The summed E-state index contributed by atoms with van der Waals surface area (Å²) in [6.45, 7) is 4.97. The number of likely N-dealkylation sites (tertiary alicyclic amines) is 1. The van der Waals surface area contributed by atoms with Gasteiger partial charge < -0.3 is 14.6 Å². The molecule has 1 amide bonds. The molecular formula is C14H25NO5. The average molecular weight is 287 g/mol. The van der Waals surface area contributed by atoms with Crippen molar-refractivity contribution in [2.24, 2.45) is 0 Å². The molecule has 1 rings (SSSR count). The fourth-order valence-corrected chi connectivity index (χ4v) is 2.05. The number of aliphatic hydroxyl groups is 1. The Kier molecular flexibility index (Phi) is 7.36. The summed E-state index contributed by atoms with van der Waals surface area (Å²) in [6.07, 6.45) is 2.36. The van der Waals surface area contributed by atoms with E-state index in [0.29, 0.717) is 26.2 Å². The van der Waals surface area contributed by atoms with Crippen molar-refractivity contribution in [3.05, 3.63) is 0 Å². The predicted molar refractivity (Wildman–Crippen MR) is 73.2 cm³/mol. The predicted octanol–water partition coefficient (Wildman–Crippen LogP) is 1.70. The lowest BCUT2D eigenvalue weighted by Gasteiger charge is -2.24. The van der Waals surface area contributed by atoms with Gasteiger partial charge in [-0.2, -0.15) is 0 Å². The van der Waals surface area contributed by atoms with Crippen molar-refractivity contribution >= 4 is 12.1 Å². The van der Waals surface area contributed by atoms with Gasteiger partial charge in [-0.1, -0.05) is 26.7 Å². The summed E-state index contributed by atoms with van der Waals surface area (Å²) < 4.78 is 10.2. The number of hydrogen-bond donors (Lipinski definition) is 1. The Hall–Kier alpha value is -1.30. The molecule has 0 aromatic heterocycles. The number of ether oxygens (including phenoxy) is 2. The van der Waals surface area contributed by atoms with E-state index in [-0.39, 0.29) is 0 Å². The molecule has 2 atom stereocenters. The molecule has 0 radical (unpaired) electrons. The van der Waals surface area contributed by atoms with Gasteiger partial charge in [-0.3, -0.25) is 4.90 Å². The van der Waals surface area contributed by atoms with E-state index >= 15 is 0 Å². The number of hydrogen-bond acceptors (Lipinski definition) is 5. The molecule has 1 aliphatic rings. The molecule has 0 spiro atoms. The van der Waals surface area contributed by atoms with Crippen molar-refractivity contribution in [3.63, 3.8) is 0 Å². The van der Waals surface area contributed by atoms with E-state index in [0.717, 1.165) is 25.7 Å². The summed E-state index contributed by atoms with van der Waals surface area (Å²) in [4.78, 5) is 25.1. The second kappa shape index (κ2) is 8.79. The van der Waals surface area contributed by atoms with Crippen LogP contribution in [-0.4, -0.2) is 54.0 Å². The van der Waals surface area contributed by atoms with Crippen LogP contribution in [0.4, 0.5) is 4.79 Å². The number of unbranched alkanes of at least 4 members (excludes halogenated alkanes) is 2. The molecular weight excluding hydrogens is 262 g/mol. The van der Waals surface area contributed by atoms with Gasteiger partial charge in [0.05, 0.1) is 19.3 Å². The molecule has 0 bridgehead atoms. The van der Waals surface area contributed by atoms with Crippen molar-refractivity contribution in [2.45, 2.75) is 58.1 Å². The first kappa shape index (κ1) is 16.8. The minimum atomic E-state index is -0.930. The molecule has 0 unspecified atom stereocenters. The van der Waals surface area contributed by atoms with Crippen LogP contribution in [0.15, 0.2) is 0 Å². The van der Waals surface area contributed by atoms with Gasteiger partial charge in [0.1, 0.15) is 0 Å². The SMILES string of the molecule is CCCCOC(=O)[C@@H]1[C@@H](O)CCN1C(=O)OCCCC. The van der Waals surface area contributed by atoms with E-state index in [1.807, 2.05) is 13.8 Å². The molecule has 1 fully saturated rings. The molecule has 0 saturated carbocycles. The van der Waals surface area contributed by atoms with Gasteiger partial charge in [-0.15, -0.1) is 0 Å². The zero-order chi connectivity index (χ0) is 15.0. The first-order chi connectivity index (χ1) is 9.61. The molecule has 1 saturated heterocycles. The second-order valence-electron chi connectivity index (χ2n) is 4.98. The number of amides is 1. The minimum Gasteiger partial charge on any atom is -0.464 e. The number of esters is 1. The van der Waals surface area contributed by atoms with E-state index in [1.54, 1.807) is 0 Å². The second-order valence-corrected chi connectivity index (χ2v) is 4.98. The third-order valence-electron chi connectivity index (χ3n) is 3.31. The third-order valence-corrected chi connectivity index (χ3v) is 3.31. The van der Waals surface area contributed by atoms with Gasteiger partial charge in [0.25, 0.3) is 0 Å². The Bertz CT molecular complexity index is 321. The van der Waals surface area contributed by atoms with E-state index in [2.05, 4.69) is 0 Å². The zero-order valence-corrected chi connectivity index (χ0v) is 12.3. The first-order valence-electron chi connectivity index (χ1n) is 7.39. The highest BCUT2D eigenvalue weighted by Gasteiger charge is 2.42. The smallest absolute Gasteiger partial charge is 0.410 e. The Morgan fingerprint density at radius 3 is 2.35 bits per heavy atom. The largest absolute Gasteiger partial charge is 0.464 e. The fraction of sp³-hybridized carbons (Fsp3) is 0.857. The first-order valence-corrected chi connectivity index (χ1v) is 7.39. The Labute approximate surface area is 120 Å². The average Bonchev–Trinajstić information content (AvgIpc) is 2.81. The van der Waals surface area contributed by atoms with Crippen LogP contribution in [0.25, 0.3) is 0 Å². The molecule has 0 aromatic rings.